The van der Waals surface area contributed by atoms with Crippen molar-refractivity contribution in [3.05, 3.63) is 48.4 Å². The Hall–Kier alpha value is -2.90. The largest absolute Gasteiger partial charge is 0.472 e. The van der Waals surface area contributed by atoms with Crippen molar-refractivity contribution in [3.8, 4) is 5.75 Å². The lowest BCUT2D eigenvalue weighted by atomic mass is 10.2. The fraction of sp³-hybridized carbons (Fsp3) is 0.200. The monoisotopic (exact) mass is 325 g/mol. The minimum absolute atomic E-state index is 0.0454. The number of hydrogen-bond donors (Lipinski definition) is 1. The average Bonchev–Trinajstić information content (AvgIpc) is 3.03. The van der Waals surface area contributed by atoms with E-state index in [-0.39, 0.29) is 17.0 Å². The Morgan fingerprint density at radius 3 is 2.61 bits per heavy atom. The number of para-hydroxylation sites is 2. The second-order valence-electron chi connectivity index (χ2n) is 4.42. The van der Waals surface area contributed by atoms with Gasteiger partial charge in [0.2, 0.25) is 0 Å². The van der Waals surface area contributed by atoms with Crippen LogP contribution < -0.4 is 10.1 Å². The van der Waals surface area contributed by atoms with Gasteiger partial charge in [-0.3, -0.25) is 4.79 Å². The van der Waals surface area contributed by atoms with E-state index >= 15 is 0 Å². The third kappa shape index (κ3) is 4.53. The number of nitrogens with one attached hydrogen (secondary N) is 1. The highest BCUT2D eigenvalue weighted by molar-refractivity contribution is 5.98. The maximum absolute atomic E-state index is 12.3. The molecule has 122 valence electrons. The van der Waals surface area contributed by atoms with Crippen LogP contribution in [0.25, 0.3) is 0 Å². The van der Waals surface area contributed by atoms with Crippen LogP contribution in [0.5, 0.6) is 5.75 Å². The van der Waals surface area contributed by atoms with Gasteiger partial charge in [0.25, 0.3) is 5.91 Å². The molecule has 0 aliphatic rings. The van der Waals surface area contributed by atoms with Gasteiger partial charge in [0, 0.05) is 0 Å². The molecule has 1 aromatic heterocycles. The molecule has 0 aliphatic carbocycles. The zero-order valence-electron chi connectivity index (χ0n) is 12.0. The highest BCUT2D eigenvalue weighted by Gasteiger charge is 2.21. The summed E-state index contributed by atoms with van der Waals surface area (Å²) >= 11 is 0. The molecule has 1 unspecified atom stereocenters. The van der Waals surface area contributed by atoms with Crippen LogP contribution in [0.1, 0.15) is 17.3 Å². The fourth-order valence-electron chi connectivity index (χ4n) is 1.67. The fourth-order valence-corrected chi connectivity index (χ4v) is 1.67. The van der Waals surface area contributed by atoms with Crippen molar-refractivity contribution in [1.82, 2.24) is 0 Å². The summed E-state index contributed by atoms with van der Waals surface area (Å²) in [5.41, 5.74) is 0.204. The lowest BCUT2D eigenvalue weighted by Gasteiger charge is -2.15. The van der Waals surface area contributed by atoms with Gasteiger partial charge >= 0.3 is 12.6 Å². The number of esters is 1. The van der Waals surface area contributed by atoms with Gasteiger partial charge < -0.3 is 19.2 Å². The smallest absolute Gasteiger partial charge is 0.387 e. The van der Waals surface area contributed by atoms with E-state index in [1.54, 1.807) is 0 Å². The molecule has 6 nitrogen and oxygen atoms in total. The van der Waals surface area contributed by atoms with Gasteiger partial charge in [-0.15, -0.1) is 0 Å². The molecule has 1 atom stereocenters. The van der Waals surface area contributed by atoms with Crippen molar-refractivity contribution in [1.29, 1.82) is 0 Å². The molecule has 0 aliphatic heterocycles. The summed E-state index contributed by atoms with van der Waals surface area (Å²) in [6, 6.07) is 7.08. The second kappa shape index (κ2) is 7.39. The number of rotatable bonds is 6. The van der Waals surface area contributed by atoms with Crippen molar-refractivity contribution in [2.24, 2.45) is 0 Å². The minimum Gasteiger partial charge on any atom is -0.472 e. The first kappa shape index (κ1) is 16.5. The molecule has 0 saturated heterocycles. The Kier molecular flexibility index (Phi) is 5.29. The lowest BCUT2D eigenvalue weighted by molar-refractivity contribution is -0.123. The molecular formula is C15H13F2NO5. The highest BCUT2D eigenvalue weighted by atomic mass is 19.3. The highest BCUT2D eigenvalue weighted by Crippen LogP contribution is 2.25. The van der Waals surface area contributed by atoms with Crippen LogP contribution in [-0.2, 0) is 9.53 Å². The summed E-state index contributed by atoms with van der Waals surface area (Å²) in [4.78, 5) is 23.7. The maximum atomic E-state index is 12.3. The zero-order valence-corrected chi connectivity index (χ0v) is 12.0. The summed E-state index contributed by atoms with van der Waals surface area (Å²) in [7, 11) is 0. The number of carbonyl (C=O) groups is 2. The van der Waals surface area contributed by atoms with E-state index in [0.717, 1.165) is 0 Å². The van der Waals surface area contributed by atoms with Crippen LogP contribution in [-0.4, -0.2) is 24.6 Å². The summed E-state index contributed by atoms with van der Waals surface area (Å²) in [5.74, 6) is -1.62. The molecule has 8 heteroatoms. The van der Waals surface area contributed by atoms with Crippen LogP contribution in [0.4, 0.5) is 14.5 Å². The van der Waals surface area contributed by atoms with Crippen LogP contribution in [0.15, 0.2) is 47.3 Å². The molecule has 0 radical (unpaired) electrons. The van der Waals surface area contributed by atoms with E-state index in [1.807, 2.05) is 0 Å². The molecule has 23 heavy (non-hydrogen) atoms. The third-order valence-corrected chi connectivity index (χ3v) is 2.77. The molecule has 1 aromatic carbocycles. The Labute approximate surface area is 130 Å². The Balaban J connectivity index is 2.00. The van der Waals surface area contributed by atoms with Crippen molar-refractivity contribution in [2.75, 3.05) is 5.32 Å². The van der Waals surface area contributed by atoms with Crippen LogP contribution in [0.2, 0.25) is 0 Å². The van der Waals surface area contributed by atoms with Crippen molar-refractivity contribution in [3.63, 3.8) is 0 Å². The molecular weight excluding hydrogens is 312 g/mol. The molecule has 0 fully saturated rings. The van der Waals surface area contributed by atoms with Gasteiger partial charge in [0.15, 0.2) is 6.10 Å². The molecule has 1 heterocycles. The number of anilines is 1. The number of benzene rings is 1. The molecule has 1 amide bonds. The summed E-state index contributed by atoms with van der Waals surface area (Å²) in [6.45, 7) is -1.67. The first-order valence-corrected chi connectivity index (χ1v) is 6.55. The van der Waals surface area contributed by atoms with Gasteiger partial charge in [0.05, 0.1) is 17.5 Å². The van der Waals surface area contributed by atoms with Crippen molar-refractivity contribution in [2.45, 2.75) is 19.6 Å². The van der Waals surface area contributed by atoms with E-state index in [1.165, 1.54) is 49.8 Å². The first-order chi connectivity index (χ1) is 11.0. The van der Waals surface area contributed by atoms with Crippen molar-refractivity contribution < 1.29 is 32.3 Å². The Morgan fingerprint density at radius 2 is 1.96 bits per heavy atom. The molecule has 1 N–H and O–H groups in total. The number of halogens is 2. The van der Waals surface area contributed by atoms with Crippen LogP contribution in [0, 0.1) is 0 Å². The standard InChI is InChI=1S/C15H13F2NO5/c1-9(22-14(20)10-6-7-21-8-10)13(19)18-11-4-2-3-5-12(11)23-15(16)17/h2-9,15H,1H3,(H,18,19). The van der Waals surface area contributed by atoms with Gasteiger partial charge in [-0.1, -0.05) is 12.1 Å². The lowest BCUT2D eigenvalue weighted by Crippen LogP contribution is -2.30. The zero-order chi connectivity index (χ0) is 16.8. The molecule has 0 bridgehead atoms. The average molecular weight is 325 g/mol. The van der Waals surface area contributed by atoms with E-state index in [4.69, 9.17) is 9.15 Å². The van der Waals surface area contributed by atoms with Gasteiger partial charge in [-0.05, 0) is 25.1 Å². The first-order valence-electron chi connectivity index (χ1n) is 6.55. The quantitative estimate of drug-likeness (QED) is 0.826. The number of ether oxygens (including phenoxy) is 2. The predicted molar refractivity (Wildman–Crippen MR) is 75.3 cm³/mol. The van der Waals surface area contributed by atoms with E-state index in [0.29, 0.717) is 0 Å². The topological polar surface area (TPSA) is 77.8 Å². The Bertz CT molecular complexity index is 672. The molecule has 0 saturated carbocycles. The molecule has 2 aromatic rings. The van der Waals surface area contributed by atoms with E-state index in [9.17, 15) is 18.4 Å². The summed E-state index contributed by atoms with van der Waals surface area (Å²) in [6.07, 6.45) is 1.33. The number of amides is 1. The van der Waals surface area contributed by atoms with Gasteiger partial charge in [-0.25, -0.2) is 4.79 Å². The number of alkyl halides is 2. The van der Waals surface area contributed by atoms with Gasteiger partial charge in [-0.2, -0.15) is 8.78 Å². The predicted octanol–water partition coefficient (Wildman–Crippen LogP) is 3.07. The van der Waals surface area contributed by atoms with Crippen molar-refractivity contribution >= 4 is 17.6 Å². The minimum atomic E-state index is -3.02. The normalized spacial score (nSPS) is 11.8. The van der Waals surface area contributed by atoms with Crippen LogP contribution in [0.3, 0.4) is 0 Å². The Morgan fingerprint density at radius 1 is 1.22 bits per heavy atom. The maximum Gasteiger partial charge on any atom is 0.387 e. The van der Waals surface area contributed by atoms with E-state index in [2.05, 4.69) is 10.1 Å². The number of furan rings is 1. The third-order valence-electron chi connectivity index (χ3n) is 2.77. The SMILES string of the molecule is CC(OC(=O)c1ccoc1)C(=O)Nc1ccccc1OC(F)F. The summed E-state index contributed by atoms with van der Waals surface area (Å²) < 4.78 is 38.6. The molecule has 2 rings (SSSR count). The van der Waals surface area contributed by atoms with Crippen LogP contribution >= 0.6 is 0 Å². The second-order valence-corrected chi connectivity index (χ2v) is 4.42. The van der Waals surface area contributed by atoms with Gasteiger partial charge in [0.1, 0.15) is 12.0 Å². The number of carbonyl (C=O) groups excluding carboxylic acids is 2. The van der Waals surface area contributed by atoms with E-state index < -0.39 is 24.6 Å². The summed E-state index contributed by atoms with van der Waals surface area (Å²) in [5, 5.41) is 2.37. The molecule has 0 spiro atoms. The number of hydrogen-bond acceptors (Lipinski definition) is 5.